The zero-order valence-corrected chi connectivity index (χ0v) is 38.8. The third kappa shape index (κ3) is 45.3. The Balaban J connectivity index is 4.26. The van der Waals surface area contributed by atoms with Crippen LogP contribution in [-0.2, 0) is 28.6 Å². The molecule has 0 aliphatic heterocycles. The third-order valence-corrected chi connectivity index (χ3v) is 11.5. The molecule has 0 bridgehead atoms. The van der Waals surface area contributed by atoms with E-state index in [9.17, 15) is 14.4 Å². The summed E-state index contributed by atoms with van der Waals surface area (Å²) in [6, 6.07) is 0. The Bertz CT molecular complexity index is 857. The fourth-order valence-corrected chi connectivity index (χ4v) is 7.69. The molecule has 0 radical (unpaired) electrons. The van der Waals surface area contributed by atoms with E-state index in [1.807, 2.05) is 0 Å². The molecule has 0 aromatic carbocycles. The first kappa shape index (κ1) is 55.4. The summed E-state index contributed by atoms with van der Waals surface area (Å²) in [7, 11) is 0. The predicted molar refractivity (Wildman–Crippen MR) is 243 cm³/mol. The standard InChI is InChI=1S/C51H98O6/c1-5-7-9-11-13-15-17-18-19-20-21-22-23-24-26-32-36-40-44-51(54)57-48(45-55-49(52)42-38-34-30-25-16-14-12-10-8-6-2)46-56-50(53)43-39-35-31-28-27-29-33-37-41-47(3)4/h47-48H,5-46H2,1-4H3/t48-/m1/s1. The molecule has 0 aliphatic rings. The van der Waals surface area contributed by atoms with Gasteiger partial charge in [0.1, 0.15) is 13.2 Å². The van der Waals surface area contributed by atoms with Gasteiger partial charge in [-0.3, -0.25) is 14.4 Å². The lowest BCUT2D eigenvalue weighted by atomic mass is 10.0. The summed E-state index contributed by atoms with van der Waals surface area (Å²) >= 11 is 0. The first-order valence-electron chi connectivity index (χ1n) is 25.4. The molecule has 0 fully saturated rings. The SMILES string of the molecule is CCCCCCCCCCCCCCCCCCCCC(=O)O[C@H](COC(=O)CCCCCCCCCCCC)COC(=O)CCCCCCCCCCC(C)C. The van der Waals surface area contributed by atoms with E-state index in [-0.39, 0.29) is 31.1 Å². The Morgan fingerprint density at radius 1 is 0.333 bits per heavy atom. The van der Waals surface area contributed by atoms with Crippen molar-refractivity contribution in [3.05, 3.63) is 0 Å². The van der Waals surface area contributed by atoms with E-state index < -0.39 is 6.10 Å². The number of rotatable bonds is 46. The fourth-order valence-electron chi connectivity index (χ4n) is 7.69. The van der Waals surface area contributed by atoms with E-state index in [0.717, 1.165) is 63.7 Å². The van der Waals surface area contributed by atoms with Crippen LogP contribution in [0, 0.1) is 5.92 Å². The number of ether oxygens (including phenoxy) is 3. The quantitative estimate of drug-likeness (QED) is 0.0346. The maximum atomic E-state index is 12.8. The van der Waals surface area contributed by atoms with Crippen LogP contribution in [-0.4, -0.2) is 37.2 Å². The molecule has 0 aliphatic carbocycles. The molecule has 6 nitrogen and oxygen atoms in total. The van der Waals surface area contributed by atoms with Crippen LogP contribution in [0.2, 0.25) is 0 Å². The summed E-state index contributed by atoms with van der Waals surface area (Å²) in [5, 5.41) is 0. The van der Waals surface area contributed by atoms with Crippen LogP contribution in [0.15, 0.2) is 0 Å². The molecule has 338 valence electrons. The number of unbranched alkanes of at least 4 members (excludes halogenated alkanes) is 33. The molecular formula is C51H98O6. The summed E-state index contributed by atoms with van der Waals surface area (Å²) in [6.07, 6.45) is 46.7. The van der Waals surface area contributed by atoms with Gasteiger partial charge in [-0.25, -0.2) is 0 Å². The van der Waals surface area contributed by atoms with E-state index >= 15 is 0 Å². The van der Waals surface area contributed by atoms with Gasteiger partial charge in [-0.15, -0.1) is 0 Å². The molecule has 1 atom stereocenters. The molecule has 0 heterocycles. The highest BCUT2D eigenvalue weighted by Gasteiger charge is 2.19. The monoisotopic (exact) mass is 807 g/mol. The minimum atomic E-state index is -0.760. The Hall–Kier alpha value is -1.59. The predicted octanol–water partition coefficient (Wildman–Crippen LogP) is 16.3. The second kappa shape index (κ2) is 45.5. The molecule has 0 aromatic heterocycles. The molecule has 0 amide bonds. The van der Waals surface area contributed by atoms with Crippen LogP contribution in [0.4, 0.5) is 0 Å². The van der Waals surface area contributed by atoms with E-state index in [0.29, 0.717) is 19.3 Å². The van der Waals surface area contributed by atoms with Crippen molar-refractivity contribution in [2.75, 3.05) is 13.2 Å². The number of esters is 3. The van der Waals surface area contributed by atoms with E-state index in [1.54, 1.807) is 0 Å². The summed E-state index contributed by atoms with van der Waals surface area (Å²) in [5.74, 6) is -0.0533. The van der Waals surface area contributed by atoms with E-state index in [4.69, 9.17) is 14.2 Å². The van der Waals surface area contributed by atoms with Gasteiger partial charge in [0.05, 0.1) is 0 Å². The van der Waals surface area contributed by atoms with Crippen molar-refractivity contribution in [1.29, 1.82) is 0 Å². The van der Waals surface area contributed by atoms with Crippen molar-refractivity contribution in [2.24, 2.45) is 5.92 Å². The molecule has 0 saturated heterocycles. The van der Waals surface area contributed by atoms with Gasteiger partial charge >= 0.3 is 17.9 Å². The Morgan fingerprint density at radius 3 is 0.860 bits per heavy atom. The van der Waals surface area contributed by atoms with E-state index in [1.165, 1.54) is 180 Å². The average molecular weight is 807 g/mol. The van der Waals surface area contributed by atoms with Crippen molar-refractivity contribution >= 4 is 17.9 Å². The van der Waals surface area contributed by atoms with Gasteiger partial charge in [-0.1, -0.05) is 246 Å². The van der Waals surface area contributed by atoms with Crippen LogP contribution in [0.3, 0.4) is 0 Å². The van der Waals surface area contributed by atoms with Crippen LogP contribution < -0.4 is 0 Å². The van der Waals surface area contributed by atoms with Gasteiger partial charge in [0, 0.05) is 19.3 Å². The van der Waals surface area contributed by atoms with Crippen LogP contribution in [0.25, 0.3) is 0 Å². The topological polar surface area (TPSA) is 78.9 Å². The van der Waals surface area contributed by atoms with Gasteiger partial charge in [-0.05, 0) is 25.2 Å². The molecule has 0 saturated carbocycles. The third-order valence-electron chi connectivity index (χ3n) is 11.5. The molecule has 6 heteroatoms. The minimum Gasteiger partial charge on any atom is -0.462 e. The maximum absolute atomic E-state index is 12.8. The average Bonchev–Trinajstić information content (AvgIpc) is 3.19. The molecule has 0 spiro atoms. The van der Waals surface area contributed by atoms with E-state index in [2.05, 4.69) is 27.7 Å². The van der Waals surface area contributed by atoms with Crippen LogP contribution >= 0.6 is 0 Å². The number of hydrogen-bond acceptors (Lipinski definition) is 6. The number of hydrogen-bond donors (Lipinski definition) is 0. The first-order chi connectivity index (χ1) is 27.9. The molecular weight excluding hydrogens is 709 g/mol. The van der Waals surface area contributed by atoms with Crippen molar-refractivity contribution in [1.82, 2.24) is 0 Å². The molecule has 0 rings (SSSR count). The lowest BCUT2D eigenvalue weighted by Gasteiger charge is -2.18. The zero-order chi connectivity index (χ0) is 41.7. The van der Waals surface area contributed by atoms with Gasteiger partial charge in [0.2, 0.25) is 0 Å². The van der Waals surface area contributed by atoms with Crippen molar-refractivity contribution in [2.45, 2.75) is 291 Å². The number of carbonyl (C=O) groups excluding carboxylic acids is 3. The molecule has 0 aromatic rings. The molecule has 57 heavy (non-hydrogen) atoms. The zero-order valence-electron chi connectivity index (χ0n) is 38.8. The lowest BCUT2D eigenvalue weighted by molar-refractivity contribution is -0.167. The Morgan fingerprint density at radius 2 is 0.579 bits per heavy atom. The smallest absolute Gasteiger partial charge is 0.306 e. The van der Waals surface area contributed by atoms with Gasteiger partial charge in [0.25, 0.3) is 0 Å². The summed E-state index contributed by atoms with van der Waals surface area (Å²) < 4.78 is 16.8. The molecule has 0 unspecified atom stereocenters. The summed E-state index contributed by atoms with van der Waals surface area (Å²) in [4.78, 5) is 37.8. The highest BCUT2D eigenvalue weighted by Crippen LogP contribution is 2.17. The second-order valence-electron chi connectivity index (χ2n) is 17.9. The Kier molecular flexibility index (Phi) is 44.2. The lowest BCUT2D eigenvalue weighted by Crippen LogP contribution is -2.30. The van der Waals surface area contributed by atoms with Gasteiger partial charge < -0.3 is 14.2 Å². The minimum absolute atomic E-state index is 0.0636. The second-order valence-corrected chi connectivity index (χ2v) is 17.9. The van der Waals surface area contributed by atoms with Gasteiger partial charge in [-0.2, -0.15) is 0 Å². The Labute approximate surface area is 355 Å². The highest BCUT2D eigenvalue weighted by atomic mass is 16.6. The first-order valence-corrected chi connectivity index (χ1v) is 25.4. The fraction of sp³-hybridized carbons (Fsp3) is 0.941. The van der Waals surface area contributed by atoms with Crippen LogP contribution in [0.5, 0.6) is 0 Å². The van der Waals surface area contributed by atoms with Gasteiger partial charge in [0.15, 0.2) is 6.10 Å². The molecule has 0 N–H and O–H groups in total. The maximum Gasteiger partial charge on any atom is 0.306 e. The van der Waals surface area contributed by atoms with Crippen molar-refractivity contribution in [3.63, 3.8) is 0 Å². The normalized spacial score (nSPS) is 11.9. The number of carbonyl (C=O) groups is 3. The van der Waals surface area contributed by atoms with Crippen molar-refractivity contribution in [3.8, 4) is 0 Å². The summed E-state index contributed by atoms with van der Waals surface area (Å²) in [6.45, 7) is 8.98. The largest absolute Gasteiger partial charge is 0.462 e. The summed E-state index contributed by atoms with van der Waals surface area (Å²) in [5.41, 5.74) is 0. The van der Waals surface area contributed by atoms with Crippen molar-refractivity contribution < 1.29 is 28.6 Å². The van der Waals surface area contributed by atoms with Crippen LogP contribution in [0.1, 0.15) is 285 Å². The highest BCUT2D eigenvalue weighted by molar-refractivity contribution is 5.71.